The van der Waals surface area contributed by atoms with Crippen molar-refractivity contribution >= 4 is 13.7 Å². The Kier molecular flexibility index (Phi) is 53.1. The van der Waals surface area contributed by atoms with Gasteiger partial charge < -0.3 is 19.8 Å². The highest BCUT2D eigenvalue weighted by atomic mass is 31.2. The number of phosphoric ester groups is 1. The van der Waals surface area contributed by atoms with Crippen LogP contribution in [0.5, 0.6) is 0 Å². The molecule has 3 atom stereocenters. The van der Waals surface area contributed by atoms with Gasteiger partial charge in [0, 0.05) is 6.42 Å². The maximum absolute atomic E-state index is 12.9. The lowest BCUT2D eigenvalue weighted by molar-refractivity contribution is -0.870. The molecule has 424 valence electrons. The van der Waals surface area contributed by atoms with Crippen molar-refractivity contribution in [1.29, 1.82) is 0 Å². The first kappa shape index (κ1) is 70.5. The molecule has 0 bridgehead atoms. The molecule has 0 radical (unpaired) electrons. The third kappa shape index (κ3) is 56.2. The van der Waals surface area contributed by atoms with E-state index in [0.29, 0.717) is 17.4 Å². The number of carbonyl (C=O) groups excluding carboxylic acids is 1. The van der Waals surface area contributed by atoms with E-state index < -0.39 is 20.0 Å². The zero-order valence-corrected chi connectivity index (χ0v) is 49.3. The number of hydrogen-bond acceptors (Lipinski definition) is 5. The highest BCUT2D eigenvalue weighted by Crippen LogP contribution is 2.43. The third-order valence-corrected chi connectivity index (χ3v) is 15.1. The van der Waals surface area contributed by atoms with Gasteiger partial charge in [-0.1, -0.05) is 274 Å². The SMILES string of the molecule is C/C=C/CC/C=C/CC/C=C/C(O)C(COP(=O)(O)OCC[N+](C)(C)C)NC(=O)CCCCCCCCCCCCCCCCCCCCCCCCCCCCCCC/C=C\CCCCCCCCCC. The van der Waals surface area contributed by atoms with E-state index >= 15 is 0 Å². The van der Waals surface area contributed by atoms with Crippen molar-refractivity contribution in [3.05, 3.63) is 48.6 Å². The molecule has 0 aliphatic rings. The van der Waals surface area contributed by atoms with Crippen molar-refractivity contribution in [3.63, 3.8) is 0 Å². The predicted octanol–water partition coefficient (Wildman–Crippen LogP) is 19.1. The van der Waals surface area contributed by atoms with Crippen LogP contribution in [0.3, 0.4) is 0 Å². The molecular weight excluding hydrogens is 912 g/mol. The first-order valence-corrected chi connectivity index (χ1v) is 32.5. The van der Waals surface area contributed by atoms with Crippen LogP contribution in [-0.2, 0) is 18.4 Å². The van der Waals surface area contributed by atoms with E-state index in [2.05, 4.69) is 48.7 Å². The van der Waals surface area contributed by atoms with Crippen molar-refractivity contribution in [2.24, 2.45) is 0 Å². The van der Waals surface area contributed by atoms with Gasteiger partial charge >= 0.3 is 7.82 Å². The number of quaternary nitrogens is 1. The molecule has 8 nitrogen and oxygen atoms in total. The van der Waals surface area contributed by atoms with Crippen LogP contribution in [0.15, 0.2) is 48.6 Å². The quantitative estimate of drug-likeness (QED) is 0.0243. The van der Waals surface area contributed by atoms with Crippen LogP contribution in [0.2, 0.25) is 0 Å². The topological polar surface area (TPSA) is 105 Å². The number of hydrogen-bond donors (Lipinski definition) is 3. The number of nitrogens with one attached hydrogen (secondary N) is 1. The van der Waals surface area contributed by atoms with Crippen LogP contribution < -0.4 is 5.32 Å². The van der Waals surface area contributed by atoms with Gasteiger partial charge in [0.1, 0.15) is 13.2 Å². The number of likely N-dealkylation sites (N-methyl/N-ethyl adjacent to an activating group) is 1. The monoisotopic (exact) mass is 1030 g/mol. The normalized spacial score (nSPS) is 14.2. The fourth-order valence-electron chi connectivity index (χ4n) is 9.26. The molecule has 0 saturated carbocycles. The van der Waals surface area contributed by atoms with Gasteiger partial charge in [-0.15, -0.1) is 0 Å². The van der Waals surface area contributed by atoms with Crippen LogP contribution >= 0.6 is 7.82 Å². The van der Waals surface area contributed by atoms with Crippen molar-refractivity contribution < 1.29 is 32.9 Å². The zero-order chi connectivity index (χ0) is 52.7. The lowest BCUT2D eigenvalue weighted by atomic mass is 10.0. The zero-order valence-electron chi connectivity index (χ0n) is 48.4. The van der Waals surface area contributed by atoms with E-state index in [0.717, 1.165) is 44.9 Å². The van der Waals surface area contributed by atoms with Gasteiger partial charge in [-0.3, -0.25) is 13.8 Å². The van der Waals surface area contributed by atoms with Gasteiger partial charge in [0.25, 0.3) is 0 Å². The summed E-state index contributed by atoms with van der Waals surface area (Å²) >= 11 is 0. The summed E-state index contributed by atoms with van der Waals surface area (Å²) in [5, 5.41) is 13.8. The van der Waals surface area contributed by atoms with Crippen molar-refractivity contribution in [3.8, 4) is 0 Å². The number of carbonyl (C=O) groups is 1. The molecule has 3 unspecified atom stereocenters. The molecule has 9 heteroatoms. The Labute approximate surface area is 448 Å². The Bertz CT molecular complexity index is 1310. The summed E-state index contributed by atoms with van der Waals surface area (Å²) in [6.07, 6.45) is 73.1. The van der Waals surface area contributed by atoms with E-state index in [-0.39, 0.29) is 19.1 Å². The largest absolute Gasteiger partial charge is 0.472 e. The fourth-order valence-corrected chi connectivity index (χ4v) is 9.99. The minimum atomic E-state index is -4.35. The summed E-state index contributed by atoms with van der Waals surface area (Å²) < 4.78 is 23.5. The number of rotatable bonds is 57. The average Bonchev–Trinajstić information content (AvgIpc) is 3.34. The van der Waals surface area contributed by atoms with Gasteiger partial charge in [0.15, 0.2) is 0 Å². The smallest absolute Gasteiger partial charge is 0.387 e. The Balaban J connectivity index is 3.74. The number of aliphatic hydroxyl groups excluding tert-OH is 1. The molecule has 0 spiro atoms. The summed E-state index contributed by atoms with van der Waals surface area (Å²) in [6, 6.07) is -0.866. The van der Waals surface area contributed by atoms with Gasteiger partial charge in [0.05, 0.1) is 39.9 Å². The number of allylic oxidation sites excluding steroid dienone is 7. The molecule has 0 fully saturated rings. The third-order valence-electron chi connectivity index (χ3n) is 14.1. The van der Waals surface area contributed by atoms with Crippen LogP contribution in [-0.4, -0.2) is 73.4 Å². The summed E-state index contributed by atoms with van der Waals surface area (Å²) in [5.74, 6) is -0.190. The van der Waals surface area contributed by atoms with Crippen molar-refractivity contribution in [2.75, 3.05) is 40.9 Å². The molecular formula is C63H122N2O6P+. The molecule has 0 aliphatic heterocycles. The molecule has 0 rings (SSSR count). The number of amides is 1. The minimum Gasteiger partial charge on any atom is -0.387 e. The van der Waals surface area contributed by atoms with Gasteiger partial charge in [-0.2, -0.15) is 0 Å². The molecule has 0 aromatic rings. The molecule has 0 aromatic heterocycles. The van der Waals surface area contributed by atoms with Gasteiger partial charge in [-0.05, 0) is 64.7 Å². The molecule has 0 heterocycles. The van der Waals surface area contributed by atoms with E-state index in [1.165, 1.54) is 231 Å². The minimum absolute atomic E-state index is 0.0538. The molecule has 72 heavy (non-hydrogen) atoms. The summed E-state index contributed by atoms with van der Waals surface area (Å²) in [6.45, 7) is 4.57. The second-order valence-electron chi connectivity index (χ2n) is 22.4. The molecule has 0 aliphatic carbocycles. The Morgan fingerprint density at radius 2 is 0.819 bits per heavy atom. The first-order valence-electron chi connectivity index (χ1n) is 31.0. The van der Waals surface area contributed by atoms with E-state index in [4.69, 9.17) is 9.05 Å². The van der Waals surface area contributed by atoms with E-state index in [1.807, 2.05) is 34.1 Å². The number of phosphoric acid groups is 1. The van der Waals surface area contributed by atoms with Crippen molar-refractivity contribution in [1.82, 2.24) is 5.32 Å². The van der Waals surface area contributed by atoms with E-state index in [1.54, 1.807) is 6.08 Å². The second-order valence-corrected chi connectivity index (χ2v) is 23.9. The standard InChI is InChI=1S/C63H121N2O6P/c1-6-8-10-12-14-16-17-18-19-20-21-22-23-24-25-26-27-28-29-30-31-32-33-34-35-36-37-38-39-40-41-42-43-44-45-46-47-49-51-53-55-57-63(67)64-61(60-71-72(68,69)70-59-58-65(3,4)5)62(66)56-54-52-50-48-15-13-11-9-7-2/h7,9,15,20-21,48,54,56,61-62,66H,6,8,10-14,16-19,22-47,49-53,55,57-60H2,1-5H3,(H-,64,67,68,69)/p+1/b9-7+,21-20-,48-15+,56-54+. The molecule has 3 N–H and O–H groups in total. The maximum Gasteiger partial charge on any atom is 0.472 e. The Morgan fingerprint density at radius 3 is 1.19 bits per heavy atom. The number of unbranched alkanes of at least 4 members (excludes halogenated alkanes) is 39. The Hall–Kier alpha value is -1.54. The van der Waals surface area contributed by atoms with Crippen molar-refractivity contribution in [2.45, 2.75) is 309 Å². The summed E-state index contributed by atoms with van der Waals surface area (Å²) in [4.78, 5) is 23.2. The summed E-state index contributed by atoms with van der Waals surface area (Å²) in [5.41, 5.74) is 0. The van der Waals surface area contributed by atoms with Crippen LogP contribution in [0.25, 0.3) is 0 Å². The van der Waals surface area contributed by atoms with Crippen LogP contribution in [0.1, 0.15) is 296 Å². The molecule has 0 saturated heterocycles. The molecule has 0 aromatic carbocycles. The summed E-state index contributed by atoms with van der Waals surface area (Å²) in [7, 11) is 1.55. The molecule has 1 amide bonds. The van der Waals surface area contributed by atoms with Gasteiger partial charge in [0.2, 0.25) is 5.91 Å². The highest BCUT2D eigenvalue weighted by molar-refractivity contribution is 7.47. The van der Waals surface area contributed by atoms with Crippen LogP contribution in [0, 0.1) is 0 Å². The van der Waals surface area contributed by atoms with Gasteiger partial charge in [-0.25, -0.2) is 4.57 Å². The highest BCUT2D eigenvalue weighted by Gasteiger charge is 2.27. The van der Waals surface area contributed by atoms with Crippen LogP contribution in [0.4, 0.5) is 0 Å². The average molecular weight is 1030 g/mol. The number of aliphatic hydroxyl groups is 1. The maximum atomic E-state index is 12.9. The lowest BCUT2D eigenvalue weighted by Crippen LogP contribution is -2.45. The predicted molar refractivity (Wildman–Crippen MR) is 314 cm³/mol. The number of nitrogens with zero attached hydrogens (tertiary/aromatic N) is 1. The second kappa shape index (κ2) is 54.3. The fraction of sp³-hybridized carbons (Fsp3) is 0.857. The first-order chi connectivity index (χ1) is 35.0. The Morgan fingerprint density at radius 1 is 0.486 bits per heavy atom. The lowest BCUT2D eigenvalue weighted by Gasteiger charge is -2.25. The van der Waals surface area contributed by atoms with E-state index in [9.17, 15) is 19.4 Å².